The van der Waals surface area contributed by atoms with E-state index in [0.29, 0.717) is 25.9 Å². The number of hydrogen-bond donors (Lipinski definition) is 3. The van der Waals surface area contributed by atoms with Crippen LogP contribution < -0.4 is 5.32 Å². The second-order valence-corrected chi connectivity index (χ2v) is 15.7. The van der Waals surface area contributed by atoms with Gasteiger partial charge in [-0.25, -0.2) is 0 Å². The molecular formula is C48H89NO5. The average Bonchev–Trinajstić information content (AvgIpc) is 3.17. The van der Waals surface area contributed by atoms with Crippen molar-refractivity contribution in [3.05, 3.63) is 36.5 Å². The Balaban J connectivity index is 3.50. The Morgan fingerprint density at radius 1 is 0.519 bits per heavy atom. The van der Waals surface area contributed by atoms with Crippen LogP contribution in [0.1, 0.15) is 232 Å². The minimum atomic E-state index is -0.680. The third-order valence-corrected chi connectivity index (χ3v) is 10.4. The van der Waals surface area contributed by atoms with Crippen molar-refractivity contribution in [2.75, 3.05) is 13.2 Å². The van der Waals surface area contributed by atoms with Crippen LogP contribution in [-0.4, -0.2) is 47.4 Å². The number of aliphatic hydroxyl groups is 2. The molecule has 0 saturated carbocycles. The fourth-order valence-corrected chi connectivity index (χ4v) is 6.78. The summed E-state index contributed by atoms with van der Waals surface area (Å²) in [6, 6.07) is -0.560. The maximum absolute atomic E-state index is 12.3. The number of unbranched alkanes of at least 4 members (excludes halogenated alkanes) is 25. The van der Waals surface area contributed by atoms with Gasteiger partial charge >= 0.3 is 5.97 Å². The Labute approximate surface area is 334 Å². The predicted molar refractivity (Wildman–Crippen MR) is 232 cm³/mol. The summed E-state index contributed by atoms with van der Waals surface area (Å²) < 4.78 is 5.44. The smallest absolute Gasteiger partial charge is 0.305 e. The number of allylic oxidation sites excluding steroid dienone is 6. The normalized spacial score (nSPS) is 13.0. The monoisotopic (exact) mass is 760 g/mol. The summed E-state index contributed by atoms with van der Waals surface area (Å²) in [5.41, 5.74) is 0. The van der Waals surface area contributed by atoms with E-state index in [-0.39, 0.29) is 18.5 Å². The van der Waals surface area contributed by atoms with Crippen molar-refractivity contribution in [2.45, 2.75) is 244 Å². The molecule has 316 valence electrons. The molecule has 0 radical (unpaired) electrons. The molecule has 0 aliphatic heterocycles. The van der Waals surface area contributed by atoms with Crippen molar-refractivity contribution in [2.24, 2.45) is 0 Å². The maximum atomic E-state index is 12.3. The summed E-state index contributed by atoms with van der Waals surface area (Å²) in [4.78, 5) is 24.3. The SMILES string of the molecule is CCCCC/C=C\C/C=C\CCCCCCCC(=O)OCCCCCCCC/C=C\CCCCCC(=O)NC(CO)C(O)CCCCCCCCCCC. The number of esters is 1. The summed E-state index contributed by atoms with van der Waals surface area (Å²) >= 11 is 0. The highest BCUT2D eigenvalue weighted by Crippen LogP contribution is 2.14. The lowest BCUT2D eigenvalue weighted by atomic mass is 10.0. The highest BCUT2D eigenvalue weighted by Gasteiger charge is 2.20. The molecule has 0 fully saturated rings. The molecular weight excluding hydrogens is 671 g/mol. The van der Waals surface area contributed by atoms with E-state index in [0.717, 1.165) is 83.5 Å². The van der Waals surface area contributed by atoms with Gasteiger partial charge in [0.15, 0.2) is 0 Å². The van der Waals surface area contributed by atoms with Gasteiger partial charge in [0, 0.05) is 12.8 Å². The molecule has 0 aromatic rings. The van der Waals surface area contributed by atoms with E-state index in [2.05, 4.69) is 55.6 Å². The van der Waals surface area contributed by atoms with Crippen molar-refractivity contribution >= 4 is 11.9 Å². The lowest BCUT2D eigenvalue weighted by Crippen LogP contribution is -2.45. The molecule has 0 saturated heterocycles. The highest BCUT2D eigenvalue weighted by molar-refractivity contribution is 5.76. The Hall–Kier alpha value is -1.92. The van der Waals surface area contributed by atoms with E-state index >= 15 is 0 Å². The zero-order valence-electron chi connectivity index (χ0n) is 35.7. The topological polar surface area (TPSA) is 95.9 Å². The second kappa shape index (κ2) is 43.8. The number of carbonyl (C=O) groups is 2. The largest absolute Gasteiger partial charge is 0.466 e. The molecule has 0 heterocycles. The lowest BCUT2D eigenvalue weighted by molar-refractivity contribution is -0.143. The fourth-order valence-electron chi connectivity index (χ4n) is 6.78. The molecule has 0 aromatic heterocycles. The molecule has 0 aliphatic carbocycles. The quantitative estimate of drug-likeness (QED) is 0.0327. The molecule has 1 amide bonds. The van der Waals surface area contributed by atoms with Crippen LogP contribution in [0.25, 0.3) is 0 Å². The summed E-state index contributed by atoms with van der Waals surface area (Å²) in [5.74, 6) is -0.0977. The Bertz CT molecular complexity index is 884. The Morgan fingerprint density at radius 3 is 1.48 bits per heavy atom. The van der Waals surface area contributed by atoms with Gasteiger partial charge in [-0.3, -0.25) is 9.59 Å². The van der Waals surface area contributed by atoms with Gasteiger partial charge in [0.2, 0.25) is 5.91 Å². The van der Waals surface area contributed by atoms with Gasteiger partial charge in [-0.05, 0) is 83.5 Å². The number of hydrogen-bond acceptors (Lipinski definition) is 5. The number of ether oxygens (including phenoxy) is 1. The van der Waals surface area contributed by atoms with Gasteiger partial charge < -0.3 is 20.3 Å². The van der Waals surface area contributed by atoms with E-state index in [1.807, 2.05) is 0 Å². The summed E-state index contributed by atoms with van der Waals surface area (Å²) in [6.45, 7) is 4.84. The van der Waals surface area contributed by atoms with Gasteiger partial charge in [0.25, 0.3) is 0 Å². The maximum Gasteiger partial charge on any atom is 0.305 e. The van der Waals surface area contributed by atoms with Gasteiger partial charge in [0.1, 0.15) is 0 Å². The van der Waals surface area contributed by atoms with Crippen molar-refractivity contribution in [3.8, 4) is 0 Å². The first-order valence-electron chi connectivity index (χ1n) is 23.2. The zero-order valence-corrected chi connectivity index (χ0v) is 35.7. The minimum Gasteiger partial charge on any atom is -0.466 e. The molecule has 6 heteroatoms. The number of rotatable bonds is 42. The van der Waals surface area contributed by atoms with Crippen LogP contribution in [0.2, 0.25) is 0 Å². The first-order valence-corrected chi connectivity index (χ1v) is 23.2. The number of nitrogens with one attached hydrogen (secondary N) is 1. The summed E-state index contributed by atoms with van der Waals surface area (Å²) in [7, 11) is 0. The highest BCUT2D eigenvalue weighted by atomic mass is 16.5. The van der Waals surface area contributed by atoms with Crippen LogP contribution in [0.15, 0.2) is 36.5 Å². The van der Waals surface area contributed by atoms with E-state index in [1.165, 1.54) is 116 Å². The number of aliphatic hydroxyl groups excluding tert-OH is 2. The van der Waals surface area contributed by atoms with Crippen LogP contribution in [0, 0.1) is 0 Å². The van der Waals surface area contributed by atoms with Crippen molar-refractivity contribution < 1.29 is 24.5 Å². The molecule has 0 rings (SSSR count). The van der Waals surface area contributed by atoms with Crippen LogP contribution in [0.4, 0.5) is 0 Å². The van der Waals surface area contributed by atoms with Gasteiger partial charge in [-0.1, -0.05) is 172 Å². The van der Waals surface area contributed by atoms with Crippen LogP contribution >= 0.6 is 0 Å². The van der Waals surface area contributed by atoms with E-state index < -0.39 is 12.1 Å². The van der Waals surface area contributed by atoms with Crippen molar-refractivity contribution in [3.63, 3.8) is 0 Å². The molecule has 0 aliphatic rings. The zero-order chi connectivity index (χ0) is 39.4. The predicted octanol–water partition coefficient (Wildman–Crippen LogP) is 13.3. The number of amides is 1. The molecule has 54 heavy (non-hydrogen) atoms. The van der Waals surface area contributed by atoms with E-state index in [1.54, 1.807) is 0 Å². The van der Waals surface area contributed by atoms with E-state index in [4.69, 9.17) is 4.74 Å². The van der Waals surface area contributed by atoms with Crippen LogP contribution in [0.3, 0.4) is 0 Å². The first-order chi connectivity index (χ1) is 26.5. The molecule has 0 bridgehead atoms. The Morgan fingerprint density at radius 2 is 0.926 bits per heavy atom. The molecule has 0 spiro atoms. The van der Waals surface area contributed by atoms with Gasteiger partial charge in [-0.15, -0.1) is 0 Å². The van der Waals surface area contributed by atoms with Gasteiger partial charge in [-0.2, -0.15) is 0 Å². The minimum absolute atomic E-state index is 0.0279. The van der Waals surface area contributed by atoms with Crippen molar-refractivity contribution in [1.82, 2.24) is 5.32 Å². The van der Waals surface area contributed by atoms with Crippen LogP contribution in [0.5, 0.6) is 0 Å². The van der Waals surface area contributed by atoms with Gasteiger partial charge in [0.05, 0.1) is 25.4 Å². The third-order valence-electron chi connectivity index (χ3n) is 10.4. The van der Waals surface area contributed by atoms with Crippen molar-refractivity contribution in [1.29, 1.82) is 0 Å². The molecule has 2 unspecified atom stereocenters. The number of carbonyl (C=O) groups excluding carboxylic acids is 2. The molecule has 6 nitrogen and oxygen atoms in total. The molecule has 3 N–H and O–H groups in total. The second-order valence-electron chi connectivity index (χ2n) is 15.7. The molecule has 2 atom stereocenters. The molecule has 0 aromatic carbocycles. The van der Waals surface area contributed by atoms with E-state index in [9.17, 15) is 19.8 Å². The summed E-state index contributed by atoms with van der Waals surface area (Å²) in [6.07, 6.45) is 51.0. The lowest BCUT2D eigenvalue weighted by Gasteiger charge is -2.22. The summed E-state index contributed by atoms with van der Waals surface area (Å²) in [5, 5.41) is 23.0. The van der Waals surface area contributed by atoms with Crippen LogP contribution in [-0.2, 0) is 14.3 Å². The average molecular weight is 760 g/mol. The third kappa shape index (κ3) is 39.8. The Kier molecular flexibility index (Phi) is 42.2. The fraction of sp³-hybridized carbons (Fsp3) is 0.833. The first kappa shape index (κ1) is 52.1. The standard InChI is InChI=1S/C48H89NO5/c1-3-5-7-9-11-13-14-15-16-19-22-26-30-34-38-42-48(53)54-43-39-35-31-27-23-20-17-18-21-25-29-33-37-41-47(52)49-45(44-50)46(51)40-36-32-28-24-12-10-8-6-4-2/h11,13,15-16,18,21,45-46,50-51H,3-10,12,14,17,19-20,22-44H2,1-2H3,(H,49,52)/b13-11-,16-15-,21-18-.